The average molecular weight is 250 g/mol. The zero-order valence-electron chi connectivity index (χ0n) is 10.7. The molecule has 2 atom stereocenters. The number of rotatable bonds is 4. The lowest BCUT2D eigenvalue weighted by atomic mass is 10.1. The summed E-state index contributed by atoms with van der Waals surface area (Å²) in [6, 6.07) is 5.56. The highest BCUT2D eigenvalue weighted by Crippen LogP contribution is 2.37. The van der Waals surface area contributed by atoms with Crippen LogP contribution in [0.5, 0.6) is 5.75 Å². The third-order valence-corrected chi connectivity index (χ3v) is 3.12. The fourth-order valence-electron chi connectivity index (χ4n) is 2.21. The molecular formula is C14H18O4. The predicted molar refractivity (Wildman–Crippen MR) is 66.4 cm³/mol. The maximum atomic E-state index is 11.5. The van der Waals surface area contributed by atoms with Crippen molar-refractivity contribution in [1.29, 1.82) is 0 Å². The molecule has 4 heteroatoms. The minimum absolute atomic E-state index is 0.345. The Balaban J connectivity index is 2.13. The Morgan fingerprint density at radius 2 is 2.33 bits per heavy atom. The molecule has 1 aliphatic carbocycles. The van der Waals surface area contributed by atoms with Gasteiger partial charge in [0.15, 0.2) is 6.10 Å². The number of hydrogen-bond acceptors (Lipinski definition) is 4. The van der Waals surface area contributed by atoms with Gasteiger partial charge in [0.05, 0.1) is 12.7 Å². The number of benzene rings is 1. The van der Waals surface area contributed by atoms with Crippen LogP contribution >= 0.6 is 0 Å². The summed E-state index contributed by atoms with van der Waals surface area (Å²) in [7, 11) is 0. The SMILES string of the molecule is CCOC(=O)[C@@H](C)Oc1cccc2c1CC[C@H]2O. The van der Waals surface area contributed by atoms with E-state index >= 15 is 0 Å². The topological polar surface area (TPSA) is 55.8 Å². The Morgan fingerprint density at radius 3 is 3.06 bits per heavy atom. The first-order valence-electron chi connectivity index (χ1n) is 6.26. The molecule has 0 unspecified atom stereocenters. The zero-order chi connectivity index (χ0) is 13.1. The first-order valence-corrected chi connectivity index (χ1v) is 6.26. The van der Waals surface area contributed by atoms with Crippen molar-refractivity contribution >= 4 is 5.97 Å². The van der Waals surface area contributed by atoms with Crippen LogP contribution in [-0.2, 0) is 16.0 Å². The van der Waals surface area contributed by atoms with E-state index in [1.54, 1.807) is 13.8 Å². The van der Waals surface area contributed by atoms with Crippen molar-refractivity contribution in [1.82, 2.24) is 0 Å². The van der Waals surface area contributed by atoms with E-state index in [-0.39, 0.29) is 5.97 Å². The molecular weight excluding hydrogens is 232 g/mol. The van der Waals surface area contributed by atoms with Crippen LogP contribution in [0, 0.1) is 0 Å². The van der Waals surface area contributed by atoms with Gasteiger partial charge in [0.25, 0.3) is 0 Å². The Morgan fingerprint density at radius 1 is 1.56 bits per heavy atom. The molecule has 0 aliphatic heterocycles. The second-order valence-electron chi connectivity index (χ2n) is 4.39. The van der Waals surface area contributed by atoms with Crippen molar-refractivity contribution in [2.75, 3.05) is 6.61 Å². The maximum absolute atomic E-state index is 11.5. The average Bonchev–Trinajstić information content (AvgIpc) is 2.73. The summed E-state index contributed by atoms with van der Waals surface area (Å²) >= 11 is 0. The van der Waals surface area contributed by atoms with Crippen LogP contribution in [0.25, 0.3) is 0 Å². The van der Waals surface area contributed by atoms with Crippen LogP contribution in [0.15, 0.2) is 18.2 Å². The number of ether oxygens (including phenoxy) is 2. The molecule has 0 heterocycles. The smallest absolute Gasteiger partial charge is 0.347 e. The molecule has 18 heavy (non-hydrogen) atoms. The van der Waals surface area contributed by atoms with Gasteiger partial charge in [-0.2, -0.15) is 0 Å². The largest absolute Gasteiger partial charge is 0.479 e. The lowest BCUT2D eigenvalue weighted by molar-refractivity contribution is -0.150. The molecule has 0 radical (unpaired) electrons. The fourth-order valence-corrected chi connectivity index (χ4v) is 2.21. The van der Waals surface area contributed by atoms with Gasteiger partial charge in [0, 0.05) is 5.56 Å². The van der Waals surface area contributed by atoms with Crippen LogP contribution in [0.3, 0.4) is 0 Å². The molecule has 1 aliphatic rings. The van der Waals surface area contributed by atoms with Crippen molar-refractivity contribution in [2.24, 2.45) is 0 Å². The summed E-state index contributed by atoms with van der Waals surface area (Å²) in [4.78, 5) is 11.5. The van der Waals surface area contributed by atoms with Crippen molar-refractivity contribution in [3.63, 3.8) is 0 Å². The van der Waals surface area contributed by atoms with Gasteiger partial charge in [-0.1, -0.05) is 12.1 Å². The molecule has 0 bridgehead atoms. The van der Waals surface area contributed by atoms with Gasteiger partial charge in [-0.15, -0.1) is 0 Å². The molecule has 1 aromatic carbocycles. The van der Waals surface area contributed by atoms with Gasteiger partial charge in [0.2, 0.25) is 0 Å². The number of esters is 1. The molecule has 0 spiro atoms. The first-order chi connectivity index (χ1) is 8.63. The minimum Gasteiger partial charge on any atom is -0.479 e. The lowest BCUT2D eigenvalue weighted by Gasteiger charge is -2.16. The van der Waals surface area contributed by atoms with Crippen LogP contribution in [0.1, 0.15) is 37.5 Å². The second kappa shape index (κ2) is 5.40. The summed E-state index contributed by atoms with van der Waals surface area (Å²) in [5.41, 5.74) is 1.91. The van der Waals surface area contributed by atoms with Crippen molar-refractivity contribution in [3.8, 4) is 5.75 Å². The Kier molecular flexibility index (Phi) is 3.87. The summed E-state index contributed by atoms with van der Waals surface area (Å²) in [6.07, 6.45) is 0.446. The fraction of sp³-hybridized carbons (Fsp3) is 0.500. The van der Waals surface area contributed by atoms with Crippen LogP contribution in [0.4, 0.5) is 0 Å². The molecule has 0 saturated carbocycles. The molecule has 4 nitrogen and oxygen atoms in total. The highest BCUT2D eigenvalue weighted by molar-refractivity contribution is 5.74. The molecule has 0 aromatic heterocycles. The number of aliphatic hydroxyl groups is 1. The normalized spacial score (nSPS) is 19.2. The van der Waals surface area contributed by atoms with Crippen molar-refractivity contribution < 1.29 is 19.4 Å². The molecule has 0 fully saturated rings. The van der Waals surface area contributed by atoms with E-state index in [1.165, 1.54) is 0 Å². The van der Waals surface area contributed by atoms with Crippen molar-refractivity contribution in [2.45, 2.75) is 38.9 Å². The number of fused-ring (bicyclic) bond motifs is 1. The summed E-state index contributed by atoms with van der Waals surface area (Å²) in [6.45, 7) is 3.78. The number of hydrogen-bond donors (Lipinski definition) is 1. The van der Waals surface area contributed by atoms with Gasteiger partial charge in [0.1, 0.15) is 5.75 Å². The maximum Gasteiger partial charge on any atom is 0.347 e. The zero-order valence-corrected chi connectivity index (χ0v) is 10.7. The highest BCUT2D eigenvalue weighted by atomic mass is 16.6. The van der Waals surface area contributed by atoms with E-state index < -0.39 is 12.2 Å². The molecule has 0 amide bonds. The lowest BCUT2D eigenvalue weighted by Crippen LogP contribution is -2.26. The quantitative estimate of drug-likeness (QED) is 0.830. The molecule has 1 aromatic rings. The van der Waals surface area contributed by atoms with Crippen LogP contribution in [-0.4, -0.2) is 23.8 Å². The minimum atomic E-state index is -0.630. The van der Waals surface area contributed by atoms with E-state index in [9.17, 15) is 9.90 Å². The van der Waals surface area contributed by atoms with Gasteiger partial charge in [-0.05, 0) is 38.3 Å². The monoisotopic (exact) mass is 250 g/mol. The Bertz CT molecular complexity index is 441. The van der Waals surface area contributed by atoms with E-state index in [1.807, 2.05) is 18.2 Å². The van der Waals surface area contributed by atoms with Crippen molar-refractivity contribution in [3.05, 3.63) is 29.3 Å². The van der Waals surface area contributed by atoms with E-state index in [0.29, 0.717) is 18.8 Å². The molecule has 1 N–H and O–H groups in total. The predicted octanol–water partition coefficient (Wildman–Crippen LogP) is 2.00. The first kappa shape index (κ1) is 12.9. The summed E-state index contributed by atoms with van der Waals surface area (Å²) < 4.78 is 10.5. The molecule has 0 saturated heterocycles. The highest BCUT2D eigenvalue weighted by Gasteiger charge is 2.25. The van der Waals surface area contributed by atoms with Gasteiger partial charge < -0.3 is 14.6 Å². The molecule has 98 valence electrons. The third-order valence-electron chi connectivity index (χ3n) is 3.12. The summed E-state index contributed by atoms with van der Waals surface area (Å²) in [5.74, 6) is 0.304. The van der Waals surface area contributed by atoms with E-state index in [4.69, 9.17) is 9.47 Å². The van der Waals surface area contributed by atoms with E-state index in [2.05, 4.69) is 0 Å². The number of aliphatic hydroxyl groups excluding tert-OH is 1. The van der Waals surface area contributed by atoms with Crippen LogP contribution in [0.2, 0.25) is 0 Å². The summed E-state index contributed by atoms with van der Waals surface area (Å²) in [5, 5.41) is 9.79. The standard InChI is InChI=1S/C14H18O4/c1-3-17-14(16)9(2)18-13-6-4-5-10-11(13)7-8-12(10)15/h4-6,9,12,15H,3,7-8H2,1-2H3/t9-,12-/m1/s1. The molecule has 2 rings (SSSR count). The van der Waals surface area contributed by atoms with Gasteiger partial charge in [-0.3, -0.25) is 0 Å². The van der Waals surface area contributed by atoms with E-state index in [0.717, 1.165) is 17.5 Å². The van der Waals surface area contributed by atoms with Gasteiger partial charge in [-0.25, -0.2) is 4.79 Å². The van der Waals surface area contributed by atoms with Gasteiger partial charge >= 0.3 is 5.97 Å². The Labute approximate surface area is 107 Å². The number of carbonyl (C=O) groups excluding carboxylic acids is 1. The second-order valence-corrected chi connectivity index (χ2v) is 4.39. The number of carbonyl (C=O) groups is 1. The Hall–Kier alpha value is -1.55. The third kappa shape index (κ3) is 2.48. The van der Waals surface area contributed by atoms with Crippen LogP contribution < -0.4 is 4.74 Å².